The van der Waals surface area contributed by atoms with E-state index in [9.17, 15) is 0 Å². The monoisotopic (exact) mass is 432 g/mol. The van der Waals surface area contributed by atoms with E-state index in [1.54, 1.807) is 0 Å². The van der Waals surface area contributed by atoms with Crippen LogP contribution in [0.4, 0.5) is 0 Å². The first-order chi connectivity index (χ1) is 15.8. The number of rotatable bonds is 0. The fourth-order valence-corrected chi connectivity index (χ4v) is 5.76. The highest BCUT2D eigenvalue weighted by Gasteiger charge is 2.48. The Morgan fingerprint density at radius 3 is 2.34 bits per heavy atom. The van der Waals surface area contributed by atoms with Gasteiger partial charge in [-0.15, -0.1) is 11.5 Å². The number of hydrogen-bond acceptors (Lipinski definition) is 5. The molecular weight excluding hydrogens is 419 g/mol. The molecule has 32 heavy (non-hydrogen) atoms. The summed E-state index contributed by atoms with van der Waals surface area (Å²) in [6.07, 6.45) is 7.70. The van der Waals surface area contributed by atoms with E-state index in [0.29, 0.717) is 11.7 Å². The van der Waals surface area contributed by atoms with E-state index in [2.05, 4.69) is 53.4 Å². The molecule has 1 aliphatic carbocycles. The number of halogens is 1. The van der Waals surface area contributed by atoms with Crippen LogP contribution in [0.3, 0.4) is 0 Å². The van der Waals surface area contributed by atoms with Crippen LogP contribution >= 0.6 is 11.5 Å². The predicted molar refractivity (Wildman–Crippen MR) is 125 cm³/mol. The summed E-state index contributed by atoms with van der Waals surface area (Å²) >= 11 is 7.23. The fraction of sp³-hybridized carbons (Fsp3) is 0.0833. The molecule has 0 N–H and O–H groups in total. The summed E-state index contributed by atoms with van der Waals surface area (Å²) < 4.78 is 2.03. The van der Waals surface area contributed by atoms with Crippen molar-refractivity contribution in [1.29, 1.82) is 0 Å². The van der Waals surface area contributed by atoms with Crippen LogP contribution in [0.2, 0.25) is 0 Å². The SMILES string of the molecule is ClB1N2C3=C4C=CC=CC4C2N=C2N=C(N=c4c5ccccc5c(n41)=N3)c1ccccc12. The highest BCUT2D eigenvalue weighted by Crippen LogP contribution is 2.42. The predicted octanol–water partition coefficient (Wildman–Crippen LogP) is 2.78. The molecule has 4 bridgehead atoms. The van der Waals surface area contributed by atoms with Crippen LogP contribution in [0.1, 0.15) is 11.1 Å². The van der Waals surface area contributed by atoms with E-state index in [1.807, 2.05) is 28.7 Å². The molecule has 150 valence electrons. The van der Waals surface area contributed by atoms with Gasteiger partial charge in [0.05, 0.1) is 0 Å². The molecular formula is C24H14BClN6. The number of benzene rings is 2. The molecule has 8 rings (SSSR count). The average Bonchev–Trinajstić information content (AvgIpc) is 3.45. The average molecular weight is 433 g/mol. The molecule has 3 aromatic rings. The van der Waals surface area contributed by atoms with Crippen molar-refractivity contribution in [3.63, 3.8) is 0 Å². The number of hydrogen-bond donors (Lipinski definition) is 0. The van der Waals surface area contributed by atoms with Crippen LogP contribution in [0.15, 0.2) is 104 Å². The third-order valence-electron chi connectivity index (χ3n) is 6.78. The Morgan fingerprint density at radius 1 is 0.812 bits per heavy atom. The maximum absolute atomic E-state index is 7.23. The van der Waals surface area contributed by atoms with Gasteiger partial charge < -0.3 is 9.29 Å². The first kappa shape index (κ1) is 16.9. The van der Waals surface area contributed by atoms with Crippen molar-refractivity contribution in [1.82, 2.24) is 9.29 Å². The first-order valence-electron chi connectivity index (χ1n) is 10.6. The van der Waals surface area contributed by atoms with E-state index < -0.39 is 6.40 Å². The Balaban J connectivity index is 1.60. The highest BCUT2D eigenvalue weighted by molar-refractivity contribution is 7.04. The third kappa shape index (κ3) is 1.93. The summed E-state index contributed by atoms with van der Waals surface area (Å²) in [4.78, 5) is 22.4. The van der Waals surface area contributed by atoms with E-state index in [-0.39, 0.29) is 12.1 Å². The summed E-state index contributed by atoms with van der Waals surface area (Å²) in [5, 5.41) is 2.05. The number of aromatic nitrogens is 1. The second-order valence-electron chi connectivity index (χ2n) is 8.40. The molecule has 0 saturated heterocycles. The van der Waals surface area contributed by atoms with Crippen molar-refractivity contribution >= 4 is 40.3 Å². The molecule has 0 spiro atoms. The zero-order valence-electron chi connectivity index (χ0n) is 16.7. The summed E-state index contributed by atoms with van der Waals surface area (Å²) in [6, 6.07) is 16.4. The fourth-order valence-electron chi connectivity index (χ4n) is 5.37. The van der Waals surface area contributed by atoms with Crippen LogP contribution in [0.25, 0.3) is 10.8 Å². The van der Waals surface area contributed by atoms with E-state index in [1.165, 1.54) is 0 Å². The third-order valence-corrected chi connectivity index (χ3v) is 7.19. The Hall–Kier alpha value is -3.71. The van der Waals surface area contributed by atoms with Crippen molar-refractivity contribution in [2.45, 2.75) is 6.17 Å². The molecule has 0 saturated carbocycles. The molecule has 5 heterocycles. The lowest BCUT2D eigenvalue weighted by molar-refractivity contribution is 0.382. The molecule has 1 aromatic heterocycles. The van der Waals surface area contributed by atoms with Crippen molar-refractivity contribution in [2.75, 3.05) is 0 Å². The van der Waals surface area contributed by atoms with Crippen LogP contribution in [-0.4, -0.2) is 33.5 Å². The number of allylic oxidation sites excluding steroid dienone is 3. The molecule has 4 aliphatic heterocycles. The first-order valence-corrected chi connectivity index (χ1v) is 11.1. The second-order valence-corrected chi connectivity index (χ2v) is 8.79. The van der Waals surface area contributed by atoms with Gasteiger partial charge in [0.2, 0.25) is 0 Å². The molecule has 0 amide bonds. The molecule has 0 radical (unpaired) electrons. The van der Waals surface area contributed by atoms with Gasteiger partial charge >= 0.3 is 6.40 Å². The van der Waals surface area contributed by atoms with Crippen molar-refractivity contribution in [2.24, 2.45) is 25.9 Å². The van der Waals surface area contributed by atoms with Gasteiger partial charge in [-0.3, -0.25) is 0 Å². The van der Waals surface area contributed by atoms with Crippen molar-refractivity contribution in [3.05, 3.63) is 106 Å². The van der Waals surface area contributed by atoms with Gasteiger partial charge in [0.1, 0.15) is 23.0 Å². The summed E-state index contributed by atoms with van der Waals surface area (Å²) in [6.45, 7) is 0. The Morgan fingerprint density at radius 2 is 1.53 bits per heavy atom. The van der Waals surface area contributed by atoms with Crippen LogP contribution < -0.4 is 11.0 Å². The number of aliphatic imine (C=N–C) groups is 2. The lowest BCUT2D eigenvalue weighted by atomic mass is 9.94. The summed E-state index contributed by atoms with van der Waals surface area (Å²) in [7, 11) is 0. The van der Waals surface area contributed by atoms with Gasteiger partial charge in [0, 0.05) is 33.4 Å². The van der Waals surface area contributed by atoms with Gasteiger partial charge in [-0.2, -0.15) is 0 Å². The smallest absolute Gasteiger partial charge is 0.344 e. The number of amidine groups is 2. The molecule has 8 heteroatoms. The zero-order chi connectivity index (χ0) is 21.0. The molecule has 5 aliphatic rings. The minimum absolute atomic E-state index is 0.0644. The Bertz CT molecular complexity index is 1670. The van der Waals surface area contributed by atoms with Gasteiger partial charge in [-0.05, 0) is 0 Å². The van der Waals surface area contributed by atoms with Crippen molar-refractivity contribution in [3.8, 4) is 0 Å². The maximum atomic E-state index is 7.23. The van der Waals surface area contributed by atoms with Crippen LogP contribution in [-0.2, 0) is 0 Å². The highest BCUT2D eigenvalue weighted by atomic mass is 35.5. The maximum Gasteiger partial charge on any atom is 0.495 e. The van der Waals surface area contributed by atoms with E-state index in [4.69, 9.17) is 31.4 Å². The van der Waals surface area contributed by atoms with Gasteiger partial charge in [-0.25, -0.2) is 20.0 Å². The molecule has 2 unspecified atom stereocenters. The minimum atomic E-state index is -0.501. The number of nitrogens with zero attached hydrogens (tertiary/aromatic N) is 6. The van der Waals surface area contributed by atoms with E-state index in [0.717, 1.165) is 44.3 Å². The minimum Gasteiger partial charge on any atom is -0.344 e. The quantitative estimate of drug-likeness (QED) is 0.504. The molecule has 2 atom stereocenters. The van der Waals surface area contributed by atoms with Crippen LogP contribution in [0.5, 0.6) is 0 Å². The standard InChI is InChI=1S/C24H14BClN6/c26-25-31-21-15-9-3-5-11-17(15)23(31)30-24-18-12-6-4-10-16(18)22(32(24)25)29-20-14-8-2-1-7-13(14)19(27-20)28-21/h1-12,15,21H. The molecule has 2 aromatic carbocycles. The summed E-state index contributed by atoms with van der Waals surface area (Å²) in [5.41, 5.74) is 4.74. The van der Waals surface area contributed by atoms with Crippen LogP contribution in [0, 0.1) is 5.92 Å². The zero-order valence-corrected chi connectivity index (χ0v) is 17.5. The second kappa shape index (κ2) is 5.75. The molecule has 0 fully saturated rings. The Kier molecular flexibility index (Phi) is 3.04. The number of fused-ring (bicyclic) bond motifs is 9. The molecule has 6 nitrogen and oxygen atoms in total. The van der Waals surface area contributed by atoms with E-state index >= 15 is 0 Å². The topological polar surface area (TPSA) is 57.6 Å². The van der Waals surface area contributed by atoms with Gasteiger partial charge in [0.15, 0.2) is 11.7 Å². The van der Waals surface area contributed by atoms with Gasteiger partial charge in [-0.1, -0.05) is 72.8 Å². The summed E-state index contributed by atoms with van der Waals surface area (Å²) in [5.74, 6) is 2.31. The lowest BCUT2D eigenvalue weighted by Gasteiger charge is -2.32. The van der Waals surface area contributed by atoms with Crippen molar-refractivity contribution < 1.29 is 0 Å². The Labute approximate surface area is 188 Å². The largest absolute Gasteiger partial charge is 0.495 e. The normalized spacial score (nSPS) is 23.5. The van der Waals surface area contributed by atoms with Gasteiger partial charge in [0.25, 0.3) is 0 Å². The lowest BCUT2D eigenvalue weighted by Crippen LogP contribution is -2.54.